The summed E-state index contributed by atoms with van der Waals surface area (Å²) in [5.74, 6) is -1.08. The fraction of sp³-hybridized carbons (Fsp3) is 0.238. The number of carboxylic acid groups (broad SMARTS) is 1. The molecule has 0 saturated carbocycles. The minimum absolute atomic E-state index is 0.0562. The van der Waals surface area contributed by atoms with Crippen LogP contribution >= 0.6 is 0 Å². The number of ether oxygens (including phenoxy) is 2. The average Bonchev–Trinajstić information content (AvgIpc) is 2.66. The summed E-state index contributed by atoms with van der Waals surface area (Å²) in [5, 5.41) is 21.1. The van der Waals surface area contributed by atoms with Crippen LogP contribution in [0.2, 0.25) is 0 Å². The maximum atomic E-state index is 12.4. The van der Waals surface area contributed by atoms with Crippen LogP contribution in [0.5, 0.6) is 5.75 Å². The highest BCUT2D eigenvalue weighted by Crippen LogP contribution is 2.27. The molecule has 0 aliphatic carbocycles. The molecule has 0 unspecified atom stereocenters. The molecule has 1 amide bonds. The number of nitrogens with one attached hydrogen (secondary N) is 1. The Morgan fingerprint density at radius 2 is 1.75 bits per heavy atom. The number of phenolic OH excluding ortho intramolecular Hbond substituents is 1. The van der Waals surface area contributed by atoms with Crippen molar-refractivity contribution in [1.82, 2.24) is 0 Å². The van der Waals surface area contributed by atoms with Gasteiger partial charge in [0.25, 0.3) is 0 Å². The van der Waals surface area contributed by atoms with E-state index in [1.165, 1.54) is 18.2 Å². The average molecular weight is 385 g/mol. The minimum atomic E-state index is -1.14. The quantitative estimate of drug-likeness (QED) is 0.593. The fourth-order valence-electron chi connectivity index (χ4n) is 2.50. The zero-order chi connectivity index (χ0) is 20.5. The molecule has 2 aromatic carbocycles. The first-order valence-electron chi connectivity index (χ1n) is 8.75. The van der Waals surface area contributed by atoms with E-state index in [1.54, 1.807) is 31.2 Å². The topological polar surface area (TPSA) is 105 Å². The third kappa shape index (κ3) is 6.44. The third-order valence-corrected chi connectivity index (χ3v) is 3.84. The number of aliphatic carboxylic acids is 1. The molecule has 0 saturated heterocycles. The van der Waals surface area contributed by atoms with Crippen molar-refractivity contribution in [3.63, 3.8) is 0 Å². The van der Waals surface area contributed by atoms with Crippen LogP contribution in [0.1, 0.15) is 24.2 Å². The van der Waals surface area contributed by atoms with Gasteiger partial charge in [-0.3, -0.25) is 5.32 Å². The van der Waals surface area contributed by atoms with E-state index >= 15 is 0 Å². The van der Waals surface area contributed by atoms with Crippen LogP contribution in [0.25, 0.3) is 0 Å². The molecular weight excluding hydrogens is 362 g/mol. The summed E-state index contributed by atoms with van der Waals surface area (Å²) in [4.78, 5) is 23.3. The molecule has 0 radical (unpaired) electrons. The molecule has 7 nitrogen and oxygen atoms in total. The maximum absolute atomic E-state index is 12.4. The summed E-state index contributed by atoms with van der Waals surface area (Å²) in [6, 6.07) is 13.3. The van der Waals surface area contributed by atoms with Gasteiger partial charge >= 0.3 is 12.1 Å². The van der Waals surface area contributed by atoms with Gasteiger partial charge in [0.2, 0.25) is 0 Å². The summed E-state index contributed by atoms with van der Waals surface area (Å²) in [6.07, 6.45) is -0.191. The minimum Gasteiger partial charge on any atom is -0.508 e. The van der Waals surface area contributed by atoms with Gasteiger partial charge in [-0.2, -0.15) is 0 Å². The van der Waals surface area contributed by atoms with Crippen molar-refractivity contribution in [3.05, 3.63) is 71.8 Å². The summed E-state index contributed by atoms with van der Waals surface area (Å²) < 4.78 is 11.1. The molecular formula is C21H23NO6. The summed E-state index contributed by atoms with van der Waals surface area (Å²) in [7, 11) is 0. The Hall–Kier alpha value is -3.32. The fourth-order valence-corrected chi connectivity index (χ4v) is 2.50. The second-order valence-electron chi connectivity index (χ2n) is 6.03. The first-order valence-corrected chi connectivity index (χ1v) is 8.75. The number of amides is 1. The first-order chi connectivity index (χ1) is 13.4. The number of benzene rings is 2. The van der Waals surface area contributed by atoms with Gasteiger partial charge in [-0.15, -0.1) is 0 Å². The molecule has 0 aliphatic rings. The van der Waals surface area contributed by atoms with E-state index in [2.05, 4.69) is 5.32 Å². The van der Waals surface area contributed by atoms with Crippen molar-refractivity contribution in [2.45, 2.75) is 26.1 Å². The van der Waals surface area contributed by atoms with Crippen LogP contribution in [-0.4, -0.2) is 35.0 Å². The number of carbonyl (C=O) groups excluding carboxylic acids is 1. The van der Waals surface area contributed by atoms with Crippen LogP contribution in [0.3, 0.4) is 0 Å². The summed E-state index contributed by atoms with van der Waals surface area (Å²) >= 11 is 0. The molecule has 0 heterocycles. The van der Waals surface area contributed by atoms with Gasteiger partial charge in [0.15, 0.2) is 6.10 Å². The van der Waals surface area contributed by atoms with Gasteiger partial charge < -0.3 is 19.7 Å². The lowest BCUT2D eigenvalue weighted by atomic mass is 10.0. The highest BCUT2D eigenvalue weighted by atomic mass is 16.6. The molecule has 0 aliphatic heterocycles. The van der Waals surface area contributed by atoms with E-state index in [4.69, 9.17) is 14.6 Å². The monoisotopic (exact) mass is 385 g/mol. The predicted molar refractivity (Wildman–Crippen MR) is 104 cm³/mol. The molecule has 0 aromatic heterocycles. The van der Waals surface area contributed by atoms with Crippen molar-refractivity contribution >= 4 is 17.7 Å². The van der Waals surface area contributed by atoms with Crippen LogP contribution in [0.4, 0.5) is 10.5 Å². The second-order valence-corrected chi connectivity index (χ2v) is 6.03. The standard InChI is InChI=1S/C21H23NO6/c1-3-27-18(12-13-19(24)25)20(15-6-10-17(23)11-7-15)28-21(26)22-16-8-4-14(2)5-9-16/h4-13,18,20,23H,3H2,1-2H3,(H,22,26)(H,24,25)/b13-12+/t18-,20-/m0/s1. The predicted octanol–water partition coefficient (Wildman–Crippen LogP) is 4.04. The number of carbonyl (C=O) groups is 2. The number of phenols is 1. The lowest BCUT2D eigenvalue weighted by Gasteiger charge is -2.25. The third-order valence-electron chi connectivity index (χ3n) is 3.84. The number of aromatic hydroxyl groups is 1. The molecule has 2 atom stereocenters. The summed E-state index contributed by atoms with van der Waals surface area (Å²) in [6.45, 7) is 3.97. The van der Waals surface area contributed by atoms with Crippen molar-refractivity contribution in [3.8, 4) is 5.75 Å². The van der Waals surface area contributed by atoms with Crippen LogP contribution in [-0.2, 0) is 14.3 Å². The number of carboxylic acids is 1. The molecule has 7 heteroatoms. The first kappa shape index (κ1) is 21.0. The molecule has 28 heavy (non-hydrogen) atoms. The Morgan fingerprint density at radius 1 is 1.11 bits per heavy atom. The van der Waals surface area contributed by atoms with Crippen molar-refractivity contribution in [2.75, 3.05) is 11.9 Å². The van der Waals surface area contributed by atoms with Crippen LogP contribution in [0, 0.1) is 6.92 Å². The van der Waals surface area contributed by atoms with E-state index in [1.807, 2.05) is 19.1 Å². The van der Waals surface area contributed by atoms with Gasteiger partial charge in [-0.05, 0) is 49.8 Å². The van der Waals surface area contributed by atoms with Gasteiger partial charge in [0, 0.05) is 18.4 Å². The normalized spacial score (nSPS) is 13.1. The lowest BCUT2D eigenvalue weighted by molar-refractivity contribution is -0.131. The van der Waals surface area contributed by atoms with Gasteiger partial charge in [-0.25, -0.2) is 9.59 Å². The molecule has 2 aromatic rings. The molecule has 0 bridgehead atoms. The Bertz CT molecular complexity index is 814. The number of aryl methyl sites for hydroxylation is 1. The zero-order valence-electron chi connectivity index (χ0n) is 15.7. The molecule has 148 valence electrons. The number of rotatable bonds is 8. The van der Waals surface area contributed by atoms with Crippen LogP contribution in [0.15, 0.2) is 60.7 Å². The van der Waals surface area contributed by atoms with E-state index in [-0.39, 0.29) is 12.4 Å². The molecule has 2 rings (SSSR count). The number of hydrogen-bond donors (Lipinski definition) is 3. The van der Waals surface area contributed by atoms with Gasteiger partial charge in [0.05, 0.1) is 0 Å². The van der Waals surface area contributed by atoms with E-state index in [9.17, 15) is 14.7 Å². The van der Waals surface area contributed by atoms with Gasteiger partial charge in [-0.1, -0.05) is 29.8 Å². The van der Waals surface area contributed by atoms with E-state index in [0.717, 1.165) is 11.6 Å². The molecule has 0 spiro atoms. The highest BCUT2D eigenvalue weighted by Gasteiger charge is 2.26. The Kier molecular flexibility index (Phi) is 7.59. The molecule has 3 N–H and O–H groups in total. The van der Waals surface area contributed by atoms with E-state index < -0.39 is 24.3 Å². The van der Waals surface area contributed by atoms with E-state index in [0.29, 0.717) is 11.3 Å². The Balaban J connectivity index is 2.25. The highest BCUT2D eigenvalue weighted by molar-refractivity contribution is 5.84. The van der Waals surface area contributed by atoms with Crippen molar-refractivity contribution < 1.29 is 29.3 Å². The largest absolute Gasteiger partial charge is 0.508 e. The SMILES string of the molecule is CCO[C@@H](/C=C/C(=O)O)[C@@H](OC(=O)Nc1ccc(C)cc1)c1ccc(O)cc1. The van der Waals surface area contributed by atoms with Crippen molar-refractivity contribution in [1.29, 1.82) is 0 Å². The molecule has 0 fully saturated rings. The second kappa shape index (κ2) is 10.1. The summed E-state index contributed by atoms with van der Waals surface area (Å²) in [5.41, 5.74) is 2.16. The Morgan fingerprint density at radius 3 is 2.32 bits per heavy atom. The maximum Gasteiger partial charge on any atom is 0.412 e. The van der Waals surface area contributed by atoms with Gasteiger partial charge in [0.1, 0.15) is 11.9 Å². The number of anilines is 1. The zero-order valence-corrected chi connectivity index (χ0v) is 15.7. The number of hydrogen-bond acceptors (Lipinski definition) is 5. The lowest BCUT2D eigenvalue weighted by Crippen LogP contribution is -2.27. The van der Waals surface area contributed by atoms with Crippen molar-refractivity contribution in [2.24, 2.45) is 0 Å². The smallest absolute Gasteiger partial charge is 0.412 e. The van der Waals surface area contributed by atoms with Crippen LogP contribution < -0.4 is 5.32 Å². The Labute approximate surface area is 163 Å².